The minimum Gasteiger partial charge on any atom is -0.0623 e. The Bertz CT molecular complexity index is 1810. The van der Waals surface area contributed by atoms with Gasteiger partial charge in [0.05, 0.1) is 0 Å². The van der Waals surface area contributed by atoms with Crippen LogP contribution in [0.1, 0.15) is 5.56 Å². The summed E-state index contributed by atoms with van der Waals surface area (Å²) in [5.74, 6) is 0. The summed E-state index contributed by atoms with van der Waals surface area (Å²) < 4.78 is 0. The van der Waals surface area contributed by atoms with Gasteiger partial charge < -0.3 is 0 Å². The molecule has 0 bridgehead atoms. The summed E-state index contributed by atoms with van der Waals surface area (Å²) in [4.78, 5) is 0. The molecule has 0 saturated heterocycles. The average molecular weight is 503 g/mol. The third-order valence-electron chi connectivity index (χ3n) is 8.36. The van der Waals surface area contributed by atoms with Gasteiger partial charge in [-0.25, -0.2) is 0 Å². The molecule has 0 atom stereocenters. The molecule has 0 N–H and O–H groups in total. The fourth-order valence-corrected chi connectivity index (χ4v) is 9.07. The van der Waals surface area contributed by atoms with Gasteiger partial charge in [0.15, 0.2) is 0 Å². The summed E-state index contributed by atoms with van der Waals surface area (Å²) in [6.07, 6.45) is 0. The van der Waals surface area contributed by atoms with Gasteiger partial charge in [-0.2, -0.15) is 0 Å². The fraction of sp³-hybridized carbons (Fsp3) is 0.0811. The van der Waals surface area contributed by atoms with Crippen molar-refractivity contribution in [3.05, 3.63) is 133 Å². The van der Waals surface area contributed by atoms with E-state index in [-0.39, 0.29) is 0 Å². The van der Waals surface area contributed by atoms with Gasteiger partial charge in [-0.15, -0.1) is 0 Å². The third-order valence-corrected chi connectivity index (χ3v) is 11.9. The van der Waals surface area contributed by atoms with Crippen molar-refractivity contribution in [2.75, 3.05) is 0 Å². The van der Waals surface area contributed by atoms with Gasteiger partial charge in [-0.3, -0.25) is 0 Å². The molecule has 7 rings (SSSR count). The highest BCUT2D eigenvalue weighted by Gasteiger charge is 2.35. The number of aryl methyl sites for hydroxylation is 1. The number of rotatable bonds is 4. The van der Waals surface area contributed by atoms with E-state index in [1.165, 1.54) is 71.2 Å². The van der Waals surface area contributed by atoms with E-state index < -0.39 is 8.07 Å². The lowest BCUT2D eigenvalue weighted by atomic mass is 9.87. The monoisotopic (exact) mass is 502 g/mol. The van der Waals surface area contributed by atoms with Crippen molar-refractivity contribution in [1.82, 2.24) is 0 Å². The normalized spacial score (nSPS) is 12.1. The number of fused-ring (bicyclic) bond motifs is 3. The lowest BCUT2D eigenvalue weighted by Gasteiger charge is -2.30. The highest BCUT2D eigenvalue weighted by Crippen LogP contribution is 2.54. The maximum atomic E-state index is 2.55. The second kappa shape index (κ2) is 8.68. The molecule has 6 aromatic carbocycles. The molecular weight excluding hydrogens is 472 g/mol. The van der Waals surface area contributed by atoms with Crippen molar-refractivity contribution < 1.29 is 0 Å². The van der Waals surface area contributed by atoms with Crippen molar-refractivity contribution >= 4 is 29.2 Å². The first-order chi connectivity index (χ1) is 18.5. The van der Waals surface area contributed by atoms with Gasteiger partial charge >= 0.3 is 0 Å². The second-order valence-corrected chi connectivity index (χ2v) is 15.4. The lowest BCUT2D eigenvalue weighted by molar-refractivity contribution is 1.48. The minimum atomic E-state index is -2.10. The van der Waals surface area contributed by atoms with E-state index in [1.807, 2.05) is 0 Å². The highest BCUT2D eigenvalue weighted by molar-refractivity contribution is 7.01. The Kier molecular flexibility index (Phi) is 5.24. The molecule has 0 unspecified atom stereocenters. The van der Waals surface area contributed by atoms with Crippen LogP contribution in [0.4, 0.5) is 0 Å². The molecule has 0 spiro atoms. The van der Waals surface area contributed by atoms with Crippen LogP contribution in [0, 0.1) is 6.92 Å². The second-order valence-electron chi connectivity index (χ2n) is 11.0. The summed E-state index contributed by atoms with van der Waals surface area (Å²) in [6, 6.07) is 47.5. The molecular formula is C37H30Si. The summed E-state index contributed by atoms with van der Waals surface area (Å²) in [5, 5.41) is 5.65. The smallest absolute Gasteiger partial charge is 0.0623 e. The molecule has 0 fully saturated rings. The van der Waals surface area contributed by atoms with Crippen LogP contribution in [0.2, 0.25) is 13.1 Å². The fourth-order valence-electron chi connectivity index (χ4n) is 6.36. The van der Waals surface area contributed by atoms with Crippen molar-refractivity contribution in [2.45, 2.75) is 20.0 Å². The Morgan fingerprint density at radius 3 is 1.68 bits per heavy atom. The quantitative estimate of drug-likeness (QED) is 0.211. The van der Waals surface area contributed by atoms with E-state index in [4.69, 9.17) is 0 Å². The van der Waals surface area contributed by atoms with Crippen molar-refractivity contribution in [1.29, 1.82) is 0 Å². The predicted molar refractivity (Wildman–Crippen MR) is 167 cm³/mol. The van der Waals surface area contributed by atoms with E-state index in [0.717, 1.165) is 0 Å². The lowest BCUT2D eigenvalue weighted by Crippen LogP contribution is -2.53. The minimum absolute atomic E-state index is 1.28. The summed E-state index contributed by atoms with van der Waals surface area (Å²) in [7, 11) is -2.10. The Hall–Kier alpha value is -4.20. The van der Waals surface area contributed by atoms with Gasteiger partial charge in [0.25, 0.3) is 0 Å². The maximum absolute atomic E-state index is 2.55. The van der Waals surface area contributed by atoms with Crippen molar-refractivity contribution in [3.8, 4) is 44.5 Å². The number of hydrogen-bond acceptors (Lipinski definition) is 0. The zero-order valence-electron chi connectivity index (χ0n) is 22.1. The molecule has 1 aliphatic carbocycles. The zero-order valence-corrected chi connectivity index (χ0v) is 23.1. The van der Waals surface area contributed by atoms with Crippen LogP contribution in [-0.2, 0) is 0 Å². The largest absolute Gasteiger partial charge is 0.113 e. The van der Waals surface area contributed by atoms with Gasteiger partial charge in [0.1, 0.15) is 8.07 Å². The van der Waals surface area contributed by atoms with Gasteiger partial charge in [-0.1, -0.05) is 151 Å². The zero-order chi connectivity index (χ0) is 25.9. The number of benzene rings is 6. The average Bonchev–Trinajstić information content (AvgIpc) is 3.30. The first-order valence-electron chi connectivity index (χ1n) is 13.5. The van der Waals surface area contributed by atoms with Crippen LogP contribution in [0.15, 0.2) is 127 Å². The van der Waals surface area contributed by atoms with Gasteiger partial charge in [0, 0.05) is 0 Å². The molecule has 0 nitrogen and oxygen atoms in total. The van der Waals surface area contributed by atoms with Crippen LogP contribution < -0.4 is 10.4 Å². The van der Waals surface area contributed by atoms with E-state index in [2.05, 4.69) is 147 Å². The van der Waals surface area contributed by atoms with E-state index in [0.29, 0.717) is 0 Å². The van der Waals surface area contributed by atoms with Crippen LogP contribution >= 0.6 is 0 Å². The summed E-state index contributed by atoms with van der Waals surface area (Å²) in [5.41, 5.74) is 12.1. The van der Waals surface area contributed by atoms with E-state index in [1.54, 1.807) is 0 Å². The third kappa shape index (κ3) is 3.43. The summed E-state index contributed by atoms with van der Waals surface area (Å²) >= 11 is 0. The molecule has 38 heavy (non-hydrogen) atoms. The molecule has 0 heterocycles. The predicted octanol–water partition coefficient (Wildman–Crippen LogP) is 8.95. The van der Waals surface area contributed by atoms with E-state index in [9.17, 15) is 0 Å². The molecule has 6 aromatic rings. The van der Waals surface area contributed by atoms with Crippen LogP contribution in [0.3, 0.4) is 0 Å². The van der Waals surface area contributed by atoms with Gasteiger partial charge in [0.2, 0.25) is 0 Å². The topological polar surface area (TPSA) is 0 Å². The molecule has 0 aromatic heterocycles. The molecule has 1 aliphatic rings. The Morgan fingerprint density at radius 1 is 0.474 bits per heavy atom. The Morgan fingerprint density at radius 2 is 1.05 bits per heavy atom. The molecule has 182 valence electrons. The molecule has 0 saturated carbocycles. The molecule has 0 amide bonds. The standard InChI is InChI=1S/C37H30Si/c1-25-20-22-29(23-21-25)38(2,3)33-24-32(26-12-6-4-7-13-26)36-30-18-10-16-27-17-11-19-31(34(27)30)37(36)35(33)28-14-8-5-9-15-28/h4-24H,1-3H3. The Balaban J connectivity index is 1.67. The van der Waals surface area contributed by atoms with Crippen LogP contribution in [0.25, 0.3) is 55.3 Å². The highest BCUT2D eigenvalue weighted by atomic mass is 28.3. The van der Waals surface area contributed by atoms with Crippen LogP contribution in [-0.4, -0.2) is 8.07 Å². The SMILES string of the molecule is Cc1ccc([Si](C)(C)c2cc(-c3ccccc3)c3c(c2-c2ccccc2)-c2cccc4cccc-3c24)cc1. The molecule has 0 aliphatic heterocycles. The summed E-state index contributed by atoms with van der Waals surface area (Å²) in [6.45, 7) is 7.21. The van der Waals surface area contributed by atoms with Gasteiger partial charge in [-0.05, 0) is 67.4 Å². The van der Waals surface area contributed by atoms with Crippen molar-refractivity contribution in [2.24, 2.45) is 0 Å². The first-order valence-corrected chi connectivity index (χ1v) is 16.5. The first kappa shape index (κ1) is 23.0. The molecule has 0 radical (unpaired) electrons. The van der Waals surface area contributed by atoms with Crippen LogP contribution in [0.5, 0.6) is 0 Å². The molecule has 1 heteroatoms. The Labute approximate surface area is 226 Å². The maximum Gasteiger partial charge on any atom is 0.113 e. The van der Waals surface area contributed by atoms with Crippen molar-refractivity contribution in [3.63, 3.8) is 0 Å². The number of hydrogen-bond donors (Lipinski definition) is 0. The van der Waals surface area contributed by atoms with E-state index >= 15 is 0 Å².